The number of carboxylic acids is 1. The predicted octanol–water partition coefficient (Wildman–Crippen LogP) is 9.13. The summed E-state index contributed by atoms with van der Waals surface area (Å²) in [4.78, 5) is 61.4. The molecule has 4 aliphatic rings. The van der Waals surface area contributed by atoms with Gasteiger partial charge in [0.05, 0.1) is 46.3 Å². The van der Waals surface area contributed by atoms with E-state index in [0.29, 0.717) is 43.1 Å². The van der Waals surface area contributed by atoms with E-state index >= 15 is 0 Å². The van der Waals surface area contributed by atoms with Gasteiger partial charge in [-0.05, 0) is 125 Å². The minimum atomic E-state index is -0.944. The molecule has 3 heterocycles. The summed E-state index contributed by atoms with van der Waals surface area (Å²) < 4.78 is 27.4. The van der Waals surface area contributed by atoms with Gasteiger partial charge in [-0.15, -0.1) is 11.8 Å². The molecule has 0 radical (unpaired) electrons. The number of nitrogens with one attached hydrogen (secondary N) is 1. The fourth-order valence-electron chi connectivity index (χ4n) is 11.6. The van der Waals surface area contributed by atoms with E-state index in [1.54, 1.807) is 51.8 Å². The van der Waals surface area contributed by atoms with Gasteiger partial charge in [0.15, 0.2) is 11.5 Å². The number of aliphatic carboxylic acids is 1. The summed E-state index contributed by atoms with van der Waals surface area (Å²) in [5.41, 5.74) is 4.21. The number of nitrogens with zero attached hydrogens (tertiary/aromatic N) is 4. The smallest absolute Gasteiger partial charge is 0.326 e. The maximum absolute atomic E-state index is 14.0. The van der Waals surface area contributed by atoms with Crippen LogP contribution in [0.5, 0.6) is 23.0 Å². The van der Waals surface area contributed by atoms with Crippen LogP contribution in [0.3, 0.4) is 0 Å². The van der Waals surface area contributed by atoms with E-state index in [1.165, 1.54) is 5.56 Å². The number of carboxylic acid groups (broad SMARTS) is 1. The van der Waals surface area contributed by atoms with Crippen molar-refractivity contribution in [2.75, 3.05) is 85.8 Å². The number of hydrogen-bond donors (Lipinski definition) is 2. The van der Waals surface area contributed by atoms with Gasteiger partial charge < -0.3 is 48.4 Å². The number of unbranched alkanes of at least 4 members (excludes halogenated alkanes) is 1. The van der Waals surface area contributed by atoms with E-state index in [0.717, 1.165) is 112 Å². The number of methoxy groups -OCH3 is 3. The highest BCUT2D eigenvalue weighted by molar-refractivity contribution is 8.01. The van der Waals surface area contributed by atoms with Crippen LogP contribution in [-0.2, 0) is 41.5 Å². The van der Waals surface area contributed by atoms with Gasteiger partial charge in [-0.1, -0.05) is 87.4 Å². The van der Waals surface area contributed by atoms with Gasteiger partial charge in [0, 0.05) is 56.3 Å². The number of fused-ring (bicyclic) bond motifs is 2. The second-order valence-electron chi connectivity index (χ2n) is 21.0. The first kappa shape index (κ1) is 58.9. The Morgan fingerprint density at radius 2 is 1.43 bits per heavy atom. The molecule has 3 fully saturated rings. The SMILES string of the molecule is CCOC(=O)[C@H](CCc1ccccc1)N[C@@H](C)C(=O)N1[C@H](C(=O)O)C[C@H]2CCCC[C@@H]21.COc1cc(CCN2CCN(CCCCOc3ccccc3[C@@]3(C(C)C)Sc4ccccc4N(C)C3=O)CC2)cc(OC)c1OC. The number of para-hydroxylation sites is 2. The van der Waals surface area contributed by atoms with Gasteiger partial charge in [0.1, 0.15) is 22.6 Å². The normalized spacial score (nSPS) is 21.3. The number of piperazine rings is 1. The van der Waals surface area contributed by atoms with Crippen molar-refractivity contribution in [3.05, 3.63) is 108 Å². The number of likely N-dealkylation sites (tertiary alicyclic amines) is 1. The Hall–Kier alpha value is -5.81. The van der Waals surface area contributed by atoms with Gasteiger partial charge >= 0.3 is 11.9 Å². The third-order valence-electron chi connectivity index (χ3n) is 15.8. The van der Waals surface area contributed by atoms with E-state index < -0.39 is 28.8 Å². The van der Waals surface area contributed by atoms with Crippen LogP contribution < -0.4 is 29.2 Å². The average molecular weight is 1080 g/mol. The number of aryl methyl sites for hydroxylation is 1. The summed E-state index contributed by atoms with van der Waals surface area (Å²) >= 11 is 1.66. The lowest BCUT2D eigenvalue weighted by Crippen LogP contribution is -2.55. The first-order valence-corrected chi connectivity index (χ1v) is 28.6. The van der Waals surface area contributed by atoms with Crippen LogP contribution >= 0.6 is 11.8 Å². The van der Waals surface area contributed by atoms with Crippen LogP contribution in [0, 0.1) is 11.8 Å². The van der Waals surface area contributed by atoms with Crippen molar-refractivity contribution in [2.24, 2.45) is 11.8 Å². The summed E-state index contributed by atoms with van der Waals surface area (Å²) in [6, 6.07) is 28.1. The van der Waals surface area contributed by atoms with Gasteiger partial charge in [-0.2, -0.15) is 0 Å². The molecule has 1 saturated carbocycles. The zero-order valence-electron chi connectivity index (χ0n) is 46.7. The van der Waals surface area contributed by atoms with E-state index in [9.17, 15) is 24.3 Å². The Labute approximate surface area is 461 Å². The number of carbonyl (C=O) groups is 4. The van der Waals surface area contributed by atoms with Crippen LogP contribution in [-0.4, -0.2) is 149 Å². The highest BCUT2D eigenvalue weighted by atomic mass is 32.2. The predicted molar refractivity (Wildman–Crippen MR) is 302 cm³/mol. The lowest BCUT2D eigenvalue weighted by atomic mass is 9.84. The Morgan fingerprint density at radius 3 is 2.09 bits per heavy atom. The summed E-state index contributed by atoms with van der Waals surface area (Å²) in [7, 11) is 6.83. The van der Waals surface area contributed by atoms with Gasteiger partial charge in [0.2, 0.25) is 17.6 Å². The second-order valence-corrected chi connectivity index (χ2v) is 22.3. The number of anilines is 1. The van der Waals surface area contributed by atoms with Crippen molar-refractivity contribution in [3.8, 4) is 23.0 Å². The van der Waals surface area contributed by atoms with Crippen LogP contribution in [0.15, 0.2) is 95.9 Å². The molecule has 16 heteroatoms. The van der Waals surface area contributed by atoms with E-state index in [-0.39, 0.29) is 42.3 Å². The van der Waals surface area contributed by atoms with Crippen LogP contribution in [0.1, 0.15) is 95.8 Å². The quantitative estimate of drug-likeness (QED) is 0.0535. The van der Waals surface area contributed by atoms with Gasteiger partial charge in [0.25, 0.3) is 0 Å². The first-order chi connectivity index (χ1) is 37.2. The van der Waals surface area contributed by atoms with E-state index in [1.807, 2.05) is 90.8 Å². The standard InChI is InChI=1S/C37H49N3O5S.C24H34N2O5/c1-27(2)37(36(41)38(3)30-14-8-10-16-34(30)46-37)29-13-7-9-15-31(29)45-24-12-11-18-39-20-22-40(23-21-39)19-17-28-25-32(42-4)35(44-6)33(26-28)43-5;1-3-31-24(30)19(14-13-17-9-5-4-6-10-17)25-16(2)22(27)26-20-12-8-7-11-18(20)15-21(26)23(28)29/h7-10,13-16,25-27H,11-12,17-24H2,1-6H3;4-6,9-10,16,18-21,25H,3,7-8,11-15H2,1-2H3,(H,28,29)/t37-;16-,18+,19-,20-,21-/m10/s1. The number of esters is 1. The molecule has 77 heavy (non-hydrogen) atoms. The number of carbonyl (C=O) groups excluding carboxylic acids is 3. The molecule has 0 bridgehead atoms. The van der Waals surface area contributed by atoms with Crippen molar-refractivity contribution in [1.82, 2.24) is 20.0 Å². The number of benzene rings is 4. The van der Waals surface area contributed by atoms with Crippen molar-refractivity contribution >= 4 is 41.2 Å². The minimum absolute atomic E-state index is 0.0167. The van der Waals surface area contributed by atoms with Crippen LogP contribution in [0.25, 0.3) is 0 Å². The number of ether oxygens (including phenoxy) is 5. The topological polar surface area (TPSA) is 160 Å². The van der Waals surface area contributed by atoms with Gasteiger partial charge in [-0.3, -0.25) is 19.7 Å². The number of thioether (sulfide) groups is 1. The molecule has 8 rings (SSSR count). The lowest BCUT2D eigenvalue weighted by Gasteiger charge is -2.44. The molecule has 2 amide bonds. The third-order valence-corrected chi connectivity index (χ3v) is 17.6. The molecule has 1 aliphatic carbocycles. The monoisotopic (exact) mass is 1080 g/mol. The first-order valence-electron chi connectivity index (χ1n) is 27.8. The largest absolute Gasteiger partial charge is 0.493 e. The Morgan fingerprint density at radius 1 is 0.779 bits per heavy atom. The highest BCUT2D eigenvalue weighted by Crippen LogP contribution is 2.56. The number of amides is 2. The molecule has 418 valence electrons. The fourth-order valence-corrected chi connectivity index (χ4v) is 13.2. The lowest BCUT2D eigenvalue weighted by molar-refractivity contribution is -0.152. The Balaban J connectivity index is 0.000000242. The van der Waals surface area contributed by atoms with Gasteiger partial charge in [-0.25, -0.2) is 4.79 Å². The molecule has 15 nitrogen and oxygen atoms in total. The van der Waals surface area contributed by atoms with E-state index in [4.69, 9.17) is 23.7 Å². The number of hydrogen-bond acceptors (Lipinski definition) is 13. The van der Waals surface area contributed by atoms with Crippen molar-refractivity contribution in [3.63, 3.8) is 0 Å². The average Bonchev–Trinajstić information content (AvgIpc) is 3.95. The van der Waals surface area contributed by atoms with E-state index in [2.05, 4.69) is 41.1 Å². The number of rotatable bonds is 23. The number of likely N-dealkylation sites (N-methyl/N-ethyl adjacent to an activating group) is 1. The van der Waals surface area contributed by atoms with Crippen molar-refractivity contribution in [2.45, 2.75) is 126 Å². The molecule has 0 spiro atoms. The summed E-state index contributed by atoms with van der Waals surface area (Å²) in [5.74, 6) is 1.71. The molecule has 4 aromatic carbocycles. The van der Waals surface area contributed by atoms with Crippen molar-refractivity contribution in [1.29, 1.82) is 0 Å². The molecule has 0 unspecified atom stereocenters. The summed E-state index contributed by atoms with van der Waals surface area (Å²) in [5, 5.41) is 12.9. The third kappa shape index (κ3) is 14.3. The minimum Gasteiger partial charge on any atom is -0.493 e. The van der Waals surface area contributed by atoms with Crippen LogP contribution in [0.2, 0.25) is 0 Å². The Bertz CT molecular complexity index is 2550. The summed E-state index contributed by atoms with van der Waals surface area (Å²) in [6.45, 7) is 15.0. The zero-order chi connectivity index (χ0) is 55.1. The second kappa shape index (κ2) is 28.2. The molecular formula is C61H83N5O10S. The zero-order valence-corrected chi connectivity index (χ0v) is 47.5. The molecule has 0 aromatic heterocycles. The fraction of sp³-hybridized carbons (Fsp3) is 0.541. The molecule has 2 saturated heterocycles. The maximum atomic E-state index is 14.0. The molecule has 2 N–H and O–H groups in total. The van der Waals surface area contributed by atoms with Crippen molar-refractivity contribution < 1.29 is 48.0 Å². The molecule has 6 atom stereocenters. The highest BCUT2D eigenvalue weighted by Gasteiger charge is 2.52. The maximum Gasteiger partial charge on any atom is 0.326 e. The molecule has 3 aliphatic heterocycles. The van der Waals surface area contributed by atoms with Crippen LogP contribution in [0.4, 0.5) is 5.69 Å². The Kier molecular flexibility index (Phi) is 21.5. The molecule has 4 aromatic rings. The molecular weight excluding hydrogens is 995 g/mol. The summed E-state index contributed by atoms with van der Waals surface area (Å²) in [6.07, 6.45) is 8.59.